The summed E-state index contributed by atoms with van der Waals surface area (Å²) in [6.45, 7) is 1.99. The summed E-state index contributed by atoms with van der Waals surface area (Å²) in [5.41, 5.74) is 4.28. The average molecular weight is 391 g/mol. The molecule has 0 N–H and O–H groups in total. The summed E-state index contributed by atoms with van der Waals surface area (Å²) in [4.78, 5) is 28.2. The predicted octanol–water partition coefficient (Wildman–Crippen LogP) is 4.54. The molecule has 0 bridgehead atoms. The standard InChI is InChI=1S/C24H25NO4/c1-15-8-4-5-10-18(15)25-19-11-7-12-20(26)23(19)17(14-22(25)27)16-9-6-13-21(28-2)24(16)29-3/h4-6,8-10,13,17H,7,11-12,14H2,1-3H3/t17-/m1/s1. The lowest BCUT2D eigenvalue weighted by molar-refractivity contribution is -0.119. The summed E-state index contributed by atoms with van der Waals surface area (Å²) in [7, 11) is 3.17. The number of nitrogens with zero attached hydrogens (tertiary/aromatic N) is 1. The van der Waals surface area contributed by atoms with Crippen LogP contribution in [0.4, 0.5) is 5.69 Å². The molecule has 0 unspecified atom stereocenters. The van der Waals surface area contributed by atoms with Gasteiger partial charge in [0.05, 0.1) is 19.9 Å². The van der Waals surface area contributed by atoms with Crippen LogP contribution in [-0.4, -0.2) is 25.9 Å². The molecule has 0 saturated carbocycles. The number of hydrogen-bond acceptors (Lipinski definition) is 4. The summed E-state index contributed by atoms with van der Waals surface area (Å²) in [5, 5.41) is 0. The minimum atomic E-state index is -0.324. The Hall–Kier alpha value is -3.08. The molecule has 1 amide bonds. The SMILES string of the molecule is COc1cccc([C@H]2CC(=O)N(c3ccccc3C)C3=C2C(=O)CCC3)c1OC. The molecule has 0 aromatic heterocycles. The number of ketones is 1. The van der Waals surface area contributed by atoms with Gasteiger partial charge >= 0.3 is 0 Å². The molecule has 29 heavy (non-hydrogen) atoms. The molecule has 1 aliphatic heterocycles. The van der Waals surface area contributed by atoms with Gasteiger partial charge < -0.3 is 9.47 Å². The summed E-state index contributed by atoms with van der Waals surface area (Å²) < 4.78 is 11.1. The zero-order valence-corrected chi connectivity index (χ0v) is 17.0. The lowest BCUT2D eigenvalue weighted by Gasteiger charge is -2.39. The number of benzene rings is 2. The van der Waals surface area contributed by atoms with Gasteiger partial charge in [-0.25, -0.2) is 0 Å². The number of Topliss-reactive ketones (excluding diaryl/α,β-unsaturated/α-hetero) is 1. The van der Waals surface area contributed by atoms with Gasteiger partial charge in [0.25, 0.3) is 0 Å². The Morgan fingerprint density at radius 1 is 0.966 bits per heavy atom. The first-order valence-corrected chi connectivity index (χ1v) is 9.92. The van der Waals surface area contributed by atoms with Crippen molar-refractivity contribution in [1.29, 1.82) is 0 Å². The van der Waals surface area contributed by atoms with Crippen molar-refractivity contribution < 1.29 is 19.1 Å². The van der Waals surface area contributed by atoms with Crippen molar-refractivity contribution in [3.8, 4) is 11.5 Å². The quantitative estimate of drug-likeness (QED) is 0.768. The van der Waals surface area contributed by atoms with Crippen molar-refractivity contribution in [2.24, 2.45) is 0 Å². The molecule has 2 aliphatic rings. The molecule has 2 aromatic carbocycles. The Morgan fingerprint density at radius 2 is 1.76 bits per heavy atom. The maximum absolute atomic E-state index is 13.4. The highest BCUT2D eigenvalue weighted by molar-refractivity contribution is 6.07. The molecule has 150 valence electrons. The predicted molar refractivity (Wildman–Crippen MR) is 111 cm³/mol. The Bertz CT molecular complexity index is 1010. The van der Waals surface area contributed by atoms with E-state index in [1.807, 2.05) is 49.4 Å². The fraction of sp³-hybridized carbons (Fsp3) is 0.333. The van der Waals surface area contributed by atoms with Gasteiger partial charge in [0.1, 0.15) is 0 Å². The first-order valence-electron chi connectivity index (χ1n) is 9.92. The molecule has 4 rings (SSSR count). The number of carbonyl (C=O) groups is 2. The van der Waals surface area contributed by atoms with Gasteiger partial charge in [-0.05, 0) is 37.5 Å². The van der Waals surface area contributed by atoms with Crippen molar-refractivity contribution in [1.82, 2.24) is 0 Å². The molecule has 5 heteroatoms. The second-order valence-corrected chi connectivity index (χ2v) is 7.49. The number of rotatable bonds is 4. The van der Waals surface area contributed by atoms with E-state index < -0.39 is 0 Å². The van der Waals surface area contributed by atoms with E-state index in [1.165, 1.54) is 0 Å². The highest BCUT2D eigenvalue weighted by Crippen LogP contribution is 2.47. The number of aryl methyl sites for hydroxylation is 1. The van der Waals surface area contributed by atoms with Crippen molar-refractivity contribution in [3.63, 3.8) is 0 Å². The van der Waals surface area contributed by atoms with Crippen LogP contribution in [0, 0.1) is 6.92 Å². The van der Waals surface area contributed by atoms with Crippen LogP contribution < -0.4 is 14.4 Å². The minimum Gasteiger partial charge on any atom is -0.493 e. The fourth-order valence-corrected chi connectivity index (χ4v) is 4.54. The van der Waals surface area contributed by atoms with E-state index in [9.17, 15) is 9.59 Å². The van der Waals surface area contributed by atoms with E-state index in [4.69, 9.17) is 9.47 Å². The van der Waals surface area contributed by atoms with Crippen LogP contribution >= 0.6 is 0 Å². The Balaban J connectivity index is 1.91. The van der Waals surface area contributed by atoms with Gasteiger partial charge in [0.2, 0.25) is 5.91 Å². The first-order chi connectivity index (χ1) is 14.1. The Kier molecular flexibility index (Phi) is 5.14. The number of para-hydroxylation sites is 2. The van der Waals surface area contributed by atoms with Gasteiger partial charge in [-0.3, -0.25) is 14.5 Å². The molecule has 1 atom stereocenters. The van der Waals surface area contributed by atoms with Gasteiger partial charge in [0.15, 0.2) is 17.3 Å². The number of carbonyl (C=O) groups excluding carboxylic acids is 2. The zero-order chi connectivity index (χ0) is 20.5. The van der Waals surface area contributed by atoms with E-state index in [0.717, 1.165) is 34.5 Å². The normalized spacial score (nSPS) is 19.3. The van der Waals surface area contributed by atoms with Crippen LogP contribution in [0.1, 0.15) is 42.7 Å². The monoisotopic (exact) mass is 391 g/mol. The van der Waals surface area contributed by atoms with Crippen LogP contribution in [0.5, 0.6) is 11.5 Å². The number of amides is 1. The molecule has 2 aromatic rings. The molecular formula is C24H25NO4. The van der Waals surface area contributed by atoms with E-state index in [0.29, 0.717) is 24.3 Å². The second kappa shape index (κ2) is 7.74. The van der Waals surface area contributed by atoms with Crippen LogP contribution in [0.15, 0.2) is 53.7 Å². The molecule has 0 spiro atoms. The van der Waals surface area contributed by atoms with Gasteiger partial charge in [-0.2, -0.15) is 0 Å². The number of ether oxygens (including phenoxy) is 2. The van der Waals surface area contributed by atoms with E-state index in [2.05, 4.69) is 0 Å². The summed E-state index contributed by atoms with van der Waals surface area (Å²) in [6.07, 6.45) is 2.21. The number of hydrogen-bond donors (Lipinski definition) is 0. The molecule has 0 fully saturated rings. The maximum Gasteiger partial charge on any atom is 0.232 e. The van der Waals surface area contributed by atoms with Crippen LogP contribution in [-0.2, 0) is 9.59 Å². The highest BCUT2D eigenvalue weighted by atomic mass is 16.5. The molecule has 0 saturated heterocycles. The summed E-state index contributed by atoms with van der Waals surface area (Å²) >= 11 is 0. The average Bonchev–Trinajstić information content (AvgIpc) is 2.73. The van der Waals surface area contributed by atoms with E-state index in [-0.39, 0.29) is 24.0 Å². The van der Waals surface area contributed by atoms with Gasteiger partial charge in [-0.15, -0.1) is 0 Å². The molecular weight excluding hydrogens is 366 g/mol. The van der Waals surface area contributed by atoms with Crippen molar-refractivity contribution in [2.75, 3.05) is 19.1 Å². The largest absolute Gasteiger partial charge is 0.493 e. The van der Waals surface area contributed by atoms with Gasteiger partial charge in [0, 0.05) is 35.6 Å². The number of allylic oxidation sites excluding steroid dienone is 2. The van der Waals surface area contributed by atoms with Crippen LogP contribution in [0.25, 0.3) is 0 Å². The molecule has 0 radical (unpaired) electrons. The lowest BCUT2D eigenvalue weighted by atomic mass is 9.76. The van der Waals surface area contributed by atoms with E-state index >= 15 is 0 Å². The highest BCUT2D eigenvalue weighted by Gasteiger charge is 2.41. The van der Waals surface area contributed by atoms with E-state index in [1.54, 1.807) is 19.1 Å². The molecule has 5 nitrogen and oxygen atoms in total. The fourth-order valence-electron chi connectivity index (χ4n) is 4.54. The Labute approximate surface area is 170 Å². The third kappa shape index (κ3) is 3.20. The molecule has 1 aliphatic carbocycles. The molecule has 1 heterocycles. The third-order valence-electron chi connectivity index (χ3n) is 5.84. The van der Waals surface area contributed by atoms with Crippen molar-refractivity contribution in [2.45, 2.75) is 38.5 Å². The number of anilines is 1. The second-order valence-electron chi connectivity index (χ2n) is 7.49. The minimum absolute atomic E-state index is 0.00243. The Morgan fingerprint density at radius 3 is 2.48 bits per heavy atom. The zero-order valence-electron chi connectivity index (χ0n) is 17.0. The number of methoxy groups -OCH3 is 2. The lowest BCUT2D eigenvalue weighted by Crippen LogP contribution is -2.41. The van der Waals surface area contributed by atoms with Gasteiger partial charge in [-0.1, -0.05) is 30.3 Å². The summed E-state index contributed by atoms with van der Waals surface area (Å²) in [6, 6.07) is 13.5. The van der Waals surface area contributed by atoms with Crippen LogP contribution in [0.3, 0.4) is 0 Å². The summed E-state index contributed by atoms with van der Waals surface area (Å²) in [5.74, 6) is 0.983. The van der Waals surface area contributed by atoms with Crippen molar-refractivity contribution >= 4 is 17.4 Å². The first kappa shape index (κ1) is 19.2. The van der Waals surface area contributed by atoms with Crippen molar-refractivity contribution in [3.05, 3.63) is 64.9 Å². The smallest absolute Gasteiger partial charge is 0.232 e. The topological polar surface area (TPSA) is 55.8 Å². The maximum atomic E-state index is 13.4. The van der Waals surface area contributed by atoms with Crippen LogP contribution in [0.2, 0.25) is 0 Å². The third-order valence-corrected chi connectivity index (χ3v) is 5.84.